The lowest BCUT2D eigenvalue weighted by Crippen LogP contribution is -2.17. The van der Waals surface area contributed by atoms with Crippen LogP contribution in [-0.2, 0) is 13.1 Å². The highest BCUT2D eigenvalue weighted by Crippen LogP contribution is 2.41. The molecule has 0 spiro atoms. The first kappa shape index (κ1) is 19.7. The summed E-state index contributed by atoms with van der Waals surface area (Å²) < 4.78 is 2.27. The highest BCUT2D eigenvalue weighted by atomic mass is 35.5. The SMILES string of the molecule is CC(C)c1cccc(C2CCC(c3nnc4n3-c3ccc(Cl)cc3CNC4)CC2)n1. The summed E-state index contributed by atoms with van der Waals surface area (Å²) in [5.74, 6) is 3.52. The Kier molecular flexibility index (Phi) is 5.34. The third-order valence-electron chi connectivity index (χ3n) is 6.53. The minimum Gasteiger partial charge on any atom is -0.306 e. The molecule has 5 nitrogen and oxygen atoms in total. The first-order valence-corrected chi connectivity index (χ1v) is 11.4. The fourth-order valence-corrected chi connectivity index (χ4v) is 5.05. The third kappa shape index (κ3) is 3.65. The standard InChI is InChI=1S/C24H28ClN5/c1-15(2)20-4-3-5-21(27-20)16-6-8-17(9-7-16)24-29-28-23-14-26-13-18-12-19(25)10-11-22(18)30(23)24/h3-5,10-12,15-17,26H,6-9,13-14H2,1-2H3. The summed E-state index contributed by atoms with van der Waals surface area (Å²) in [5, 5.41) is 13.4. The maximum absolute atomic E-state index is 6.25. The van der Waals surface area contributed by atoms with Crippen LogP contribution in [0, 0.1) is 0 Å². The van der Waals surface area contributed by atoms with Crippen molar-refractivity contribution in [1.82, 2.24) is 25.1 Å². The number of rotatable bonds is 3. The molecule has 6 heteroatoms. The summed E-state index contributed by atoms with van der Waals surface area (Å²) in [6, 6.07) is 12.6. The van der Waals surface area contributed by atoms with Crippen molar-refractivity contribution >= 4 is 11.6 Å². The van der Waals surface area contributed by atoms with E-state index in [0.717, 1.165) is 61.1 Å². The van der Waals surface area contributed by atoms with Crippen LogP contribution < -0.4 is 5.32 Å². The Morgan fingerprint density at radius 1 is 1.00 bits per heavy atom. The van der Waals surface area contributed by atoms with Crippen LogP contribution in [0.2, 0.25) is 5.02 Å². The minimum absolute atomic E-state index is 0.428. The predicted molar refractivity (Wildman–Crippen MR) is 119 cm³/mol. The van der Waals surface area contributed by atoms with Crippen LogP contribution in [0.4, 0.5) is 0 Å². The molecule has 0 saturated heterocycles. The zero-order chi connectivity index (χ0) is 20.7. The molecule has 1 saturated carbocycles. The van der Waals surface area contributed by atoms with Crippen molar-refractivity contribution in [1.29, 1.82) is 0 Å². The summed E-state index contributed by atoms with van der Waals surface area (Å²) in [4.78, 5) is 4.95. The molecule has 156 valence electrons. The van der Waals surface area contributed by atoms with Gasteiger partial charge in [-0.1, -0.05) is 31.5 Å². The number of benzene rings is 1. The molecule has 1 aliphatic heterocycles. The van der Waals surface area contributed by atoms with E-state index < -0.39 is 0 Å². The molecule has 3 heterocycles. The summed E-state index contributed by atoms with van der Waals surface area (Å²) in [7, 11) is 0. The molecular weight excluding hydrogens is 394 g/mol. The smallest absolute Gasteiger partial charge is 0.151 e. The molecule has 0 atom stereocenters. The molecule has 1 fully saturated rings. The molecule has 1 N–H and O–H groups in total. The maximum atomic E-state index is 6.25. The number of nitrogens with one attached hydrogen (secondary N) is 1. The van der Waals surface area contributed by atoms with Crippen molar-refractivity contribution in [3.05, 3.63) is 70.0 Å². The number of nitrogens with zero attached hydrogens (tertiary/aromatic N) is 4. The van der Waals surface area contributed by atoms with Crippen molar-refractivity contribution in [2.24, 2.45) is 0 Å². The van der Waals surface area contributed by atoms with E-state index in [1.54, 1.807) is 0 Å². The molecule has 2 aliphatic rings. The van der Waals surface area contributed by atoms with E-state index in [0.29, 0.717) is 17.8 Å². The molecule has 0 bridgehead atoms. The number of halogens is 1. The Bertz CT molecular complexity index is 1050. The normalized spacial score (nSPS) is 21.2. The fraction of sp³-hybridized carbons (Fsp3) is 0.458. The third-order valence-corrected chi connectivity index (χ3v) is 6.77. The first-order valence-electron chi connectivity index (χ1n) is 11.0. The molecule has 5 rings (SSSR count). The highest BCUT2D eigenvalue weighted by molar-refractivity contribution is 6.30. The van der Waals surface area contributed by atoms with Crippen molar-refractivity contribution < 1.29 is 0 Å². The average Bonchev–Trinajstić information content (AvgIpc) is 3.09. The van der Waals surface area contributed by atoms with Crippen LogP contribution in [0.5, 0.6) is 0 Å². The van der Waals surface area contributed by atoms with Gasteiger partial charge < -0.3 is 5.32 Å². The predicted octanol–water partition coefficient (Wildman–Crippen LogP) is 5.48. The summed E-state index contributed by atoms with van der Waals surface area (Å²) in [5.41, 5.74) is 4.81. The van der Waals surface area contributed by atoms with E-state index in [9.17, 15) is 0 Å². The number of fused-ring (bicyclic) bond motifs is 3. The van der Waals surface area contributed by atoms with Crippen molar-refractivity contribution in [3.63, 3.8) is 0 Å². The van der Waals surface area contributed by atoms with Crippen LogP contribution >= 0.6 is 11.6 Å². The van der Waals surface area contributed by atoms with Gasteiger partial charge in [-0.05, 0) is 67.5 Å². The van der Waals surface area contributed by atoms with Gasteiger partial charge in [-0.25, -0.2) is 0 Å². The Balaban J connectivity index is 1.39. The lowest BCUT2D eigenvalue weighted by molar-refractivity contribution is 0.377. The zero-order valence-electron chi connectivity index (χ0n) is 17.6. The van der Waals surface area contributed by atoms with Crippen LogP contribution in [0.25, 0.3) is 5.69 Å². The van der Waals surface area contributed by atoms with Gasteiger partial charge in [-0.3, -0.25) is 9.55 Å². The molecule has 1 aliphatic carbocycles. The fourth-order valence-electron chi connectivity index (χ4n) is 4.86. The van der Waals surface area contributed by atoms with Crippen molar-refractivity contribution in [2.45, 2.75) is 70.4 Å². The second kappa shape index (κ2) is 8.12. The van der Waals surface area contributed by atoms with Crippen molar-refractivity contribution in [2.75, 3.05) is 0 Å². The molecule has 2 aromatic heterocycles. The molecule has 3 aromatic rings. The van der Waals surface area contributed by atoms with E-state index >= 15 is 0 Å². The molecular formula is C24H28ClN5. The largest absolute Gasteiger partial charge is 0.306 e. The lowest BCUT2D eigenvalue weighted by atomic mass is 9.79. The van der Waals surface area contributed by atoms with Gasteiger partial charge in [0, 0.05) is 34.8 Å². The van der Waals surface area contributed by atoms with Crippen LogP contribution in [0.1, 0.15) is 85.9 Å². The van der Waals surface area contributed by atoms with Crippen LogP contribution in [0.3, 0.4) is 0 Å². The van der Waals surface area contributed by atoms with Crippen LogP contribution in [0.15, 0.2) is 36.4 Å². The summed E-state index contributed by atoms with van der Waals surface area (Å²) >= 11 is 6.25. The summed E-state index contributed by atoms with van der Waals surface area (Å²) in [6.45, 7) is 5.93. The zero-order valence-corrected chi connectivity index (χ0v) is 18.4. The quantitative estimate of drug-likeness (QED) is 0.608. The van der Waals surface area contributed by atoms with E-state index in [-0.39, 0.29) is 0 Å². The summed E-state index contributed by atoms with van der Waals surface area (Å²) in [6.07, 6.45) is 4.53. The van der Waals surface area contributed by atoms with Gasteiger partial charge in [0.05, 0.1) is 12.2 Å². The maximum Gasteiger partial charge on any atom is 0.151 e. The van der Waals surface area contributed by atoms with Gasteiger partial charge in [0.2, 0.25) is 0 Å². The molecule has 0 radical (unpaired) electrons. The monoisotopic (exact) mass is 421 g/mol. The second-order valence-electron chi connectivity index (χ2n) is 8.88. The van der Waals surface area contributed by atoms with Gasteiger partial charge in [-0.2, -0.15) is 0 Å². The molecule has 30 heavy (non-hydrogen) atoms. The Hall–Kier alpha value is -2.24. The lowest BCUT2D eigenvalue weighted by Gasteiger charge is -2.28. The topological polar surface area (TPSA) is 55.6 Å². The average molecular weight is 422 g/mol. The van der Waals surface area contributed by atoms with Gasteiger partial charge in [0.15, 0.2) is 5.82 Å². The number of pyridine rings is 1. The van der Waals surface area contributed by atoms with E-state index in [4.69, 9.17) is 16.6 Å². The van der Waals surface area contributed by atoms with Gasteiger partial charge in [0.1, 0.15) is 5.82 Å². The number of hydrogen-bond donors (Lipinski definition) is 1. The van der Waals surface area contributed by atoms with E-state index in [2.05, 4.69) is 58.2 Å². The van der Waals surface area contributed by atoms with Crippen LogP contribution in [-0.4, -0.2) is 19.7 Å². The Labute approximate surface area is 182 Å². The van der Waals surface area contributed by atoms with Gasteiger partial charge >= 0.3 is 0 Å². The van der Waals surface area contributed by atoms with Crippen molar-refractivity contribution in [3.8, 4) is 5.69 Å². The first-order chi connectivity index (χ1) is 14.6. The Morgan fingerprint density at radius 2 is 1.80 bits per heavy atom. The van der Waals surface area contributed by atoms with Gasteiger partial charge in [0.25, 0.3) is 0 Å². The van der Waals surface area contributed by atoms with Gasteiger partial charge in [-0.15, -0.1) is 10.2 Å². The molecule has 0 amide bonds. The second-order valence-corrected chi connectivity index (χ2v) is 9.31. The Morgan fingerprint density at radius 3 is 2.60 bits per heavy atom. The highest BCUT2D eigenvalue weighted by Gasteiger charge is 2.30. The molecule has 0 unspecified atom stereocenters. The number of aromatic nitrogens is 4. The van der Waals surface area contributed by atoms with E-state index in [1.165, 1.54) is 17.0 Å². The number of hydrogen-bond acceptors (Lipinski definition) is 4. The minimum atomic E-state index is 0.428. The molecule has 1 aromatic carbocycles. The van der Waals surface area contributed by atoms with E-state index in [1.807, 2.05) is 12.1 Å².